The number of sulfonamides is 1. The molecule has 4 aromatic rings. The number of nitrogens with one attached hydrogen (secondary N) is 1. The van der Waals surface area contributed by atoms with E-state index in [-0.39, 0.29) is 23.2 Å². The predicted molar refractivity (Wildman–Crippen MR) is 145 cm³/mol. The monoisotopic (exact) mass is 548 g/mol. The molecule has 190 valence electrons. The molecule has 0 bridgehead atoms. The second-order valence-electron chi connectivity index (χ2n) is 8.21. The standard InChI is InChI=1S/C25H25FN4O3S2.ClH/c1-29(2)16-5-17-30(25-27-22-6-3-4-7-23(22)34-25)24(31)18-8-12-20(13-9-18)28-35(32,33)21-14-10-19(26)11-15-21;/h3-4,6-15,28H,5,16-17H2,1-2H3;1H. The zero-order chi connectivity index (χ0) is 25.0. The number of halogens is 2. The van der Waals surface area contributed by atoms with Gasteiger partial charge in [-0.2, -0.15) is 0 Å². The molecule has 0 aliphatic heterocycles. The molecule has 0 spiro atoms. The third kappa shape index (κ3) is 6.58. The second-order valence-corrected chi connectivity index (χ2v) is 10.9. The molecule has 1 amide bonds. The molecule has 0 fully saturated rings. The van der Waals surface area contributed by atoms with E-state index in [1.165, 1.54) is 35.6 Å². The van der Waals surface area contributed by atoms with Gasteiger partial charge in [0.05, 0.1) is 15.1 Å². The highest BCUT2D eigenvalue weighted by Gasteiger charge is 2.22. The lowest BCUT2D eigenvalue weighted by Crippen LogP contribution is -2.33. The summed E-state index contributed by atoms with van der Waals surface area (Å²) < 4.78 is 41.7. The number of amides is 1. The molecule has 0 saturated carbocycles. The molecule has 36 heavy (non-hydrogen) atoms. The Morgan fingerprint density at radius 1 is 0.972 bits per heavy atom. The smallest absolute Gasteiger partial charge is 0.261 e. The lowest BCUT2D eigenvalue weighted by molar-refractivity contribution is 0.0986. The molecular formula is C25H26ClFN4O3S2. The van der Waals surface area contributed by atoms with Crippen molar-refractivity contribution < 1.29 is 17.6 Å². The Bertz CT molecular complexity index is 1390. The SMILES string of the molecule is CN(C)CCCN(C(=O)c1ccc(NS(=O)(=O)c2ccc(F)cc2)cc1)c1nc2ccccc2s1.Cl. The van der Waals surface area contributed by atoms with Crippen LogP contribution in [0.2, 0.25) is 0 Å². The van der Waals surface area contributed by atoms with Crippen LogP contribution < -0.4 is 9.62 Å². The first-order chi connectivity index (χ1) is 16.7. The lowest BCUT2D eigenvalue weighted by atomic mass is 10.2. The van der Waals surface area contributed by atoms with Gasteiger partial charge in [-0.25, -0.2) is 17.8 Å². The van der Waals surface area contributed by atoms with Gasteiger partial charge < -0.3 is 4.90 Å². The fourth-order valence-corrected chi connectivity index (χ4v) is 5.52. The van der Waals surface area contributed by atoms with Gasteiger partial charge in [-0.1, -0.05) is 23.5 Å². The maximum Gasteiger partial charge on any atom is 0.261 e. The number of rotatable bonds is 9. The van der Waals surface area contributed by atoms with Gasteiger partial charge in [-0.15, -0.1) is 12.4 Å². The first kappa shape index (κ1) is 27.5. The Morgan fingerprint density at radius 3 is 2.28 bits per heavy atom. The Labute approximate surface area is 220 Å². The fourth-order valence-electron chi connectivity index (χ4n) is 3.47. The van der Waals surface area contributed by atoms with Crippen LogP contribution in [0.25, 0.3) is 10.2 Å². The summed E-state index contributed by atoms with van der Waals surface area (Å²) in [7, 11) is 0.0809. The molecule has 0 atom stereocenters. The van der Waals surface area contributed by atoms with Crippen LogP contribution in [0.5, 0.6) is 0 Å². The molecule has 1 N–H and O–H groups in total. The molecule has 0 aliphatic carbocycles. The number of anilines is 2. The van der Waals surface area contributed by atoms with E-state index in [1.807, 2.05) is 38.4 Å². The summed E-state index contributed by atoms with van der Waals surface area (Å²) in [5.74, 6) is -0.731. The van der Waals surface area contributed by atoms with Crippen molar-refractivity contribution in [2.24, 2.45) is 0 Å². The molecule has 7 nitrogen and oxygen atoms in total. The van der Waals surface area contributed by atoms with Gasteiger partial charge in [0.1, 0.15) is 5.82 Å². The Balaban J connectivity index is 0.00000361. The van der Waals surface area contributed by atoms with Crippen molar-refractivity contribution in [3.8, 4) is 0 Å². The van der Waals surface area contributed by atoms with Crippen LogP contribution >= 0.6 is 23.7 Å². The van der Waals surface area contributed by atoms with Gasteiger partial charge in [0.15, 0.2) is 5.13 Å². The minimum atomic E-state index is -3.88. The van der Waals surface area contributed by atoms with E-state index in [2.05, 4.69) is 14.6 Å². The highest BCUT2D eigenvalue weighted by atomic mass is 35.5. The number of benzene rings is 3. The van der Waals surface area contributed by atoms with Gasteiger partial charge in [-0.3, -0.25) is 14.4 Å². The molecule has 1 aromatic heterocycles. The number of thiazole rings is 1. The maximum absolute atomic E-state index is 13.5. The lowest BCUT2D eigenvalue weighted by Gasteiger charge is -2.21. The normalized spacial score (nSPS) is 11.3. The number of carbonyl (C=O) groups excluding carboxylic acids is 1. The summed E-state index contributed by atoms with van der Waals surface area (Å²) in [6.45, 7) is 1.31. The first-order valence-corrected chi connectivity index (χ1v) is 13.2. The summed E-state index contributed by atoms with van der Waals surface area (Å²) in [6, 6.07) is 18.5. The highest BCUT2D eigenvalue weighted by Crippen LogP contribution is 2.30. The molecule has 0 saturated heterocycles. The van der Waals surface area contributed by atoms with Gasteiger partial charge in [0, 0.05) is 17.8 Å². The van der Waals surface area contributed by atoms with Crippen LogP contribution in [0.4, 0.5) is 15.2 Å². The number of nitrogens with zero attached hydrogens (tertiary/aromatic N) is 3. The first-order valence-electron chi connectivity index (χ1n) is 10.9. The molecule has 4 rings (SSSR count). The molecule has 1 heterocycles. The van der Waals surface area contributed by atoms with Crippen LogP contribution in [-0.2, 0) is 10.0 Å². The Kier molecular flexibility index (Phi) is 9.02. The fraction of sp³-hybridized carbons (Fsp3) is 0.200. The average Bonchev–Trinajstić information content (AvgIpc) is 3.26. The van der Waals surface area contributed by atoms with Crippen LogP contribution in [0.1, 0.15) is 16.8 Å². The second kappa shape index (κ2) is 11.8. The van der Waals surface area contributed by atoms with Crippen molar-refractivity contribution in [3.05, 3.63) is 84.2 Å². The number of hydrogen-bond donors (Lipinski definition) is 1. The van der Waals surface area contributed by atoms with Crippen molar-refractivity contribution in [1.29, 1.82) is 0 Å². The number of para-hydroxylation sites is 1. The molecule has 0 radical (unpaired) electrons. The quantitative estimate of drug-likeness (QED) is 0.309. The Morgan fingerprint density at radius 2 is 1.64 bits per heavy atom. The number of carbonyl (C=O) groups is 1. The van der Waals surface area contributed by atoms with Crippen molar-refractivity contribution >= 4 is 60.7 Å². The minimum absolute atomic E-state index is 0. The number of fused-ring (bicyclic) bond motifs is 1. The topological polar surface area (TPSA) is 82.6 Å². The zero-order valence-electron chi connectivity index (χ0n) is 19.7. The predicted octanol–water partition coefficient (Wildman–Crippen LogP) is 5.26. The van der Waals surface area contributed by atoms with E-state index in [9.17, 15) is 17.6 Å². The summed E-state index contributed by atoms with van der Waals surface area (Å²) >= 11 is 1.46. The van der Waals surface area contributed by atoms with Crippen LogP contribution in [0.15, 0.2) is 77.7 Å². The largest absolute Gasteiger partial charge is 0.309 e. The maximum atomic E-state index is 13.5. The van der Waals surface area contributed by atoms with E-state index in [0.717, 1.165) is 35.3 Å². The van der Waals surface area contributed by atoms with Crippen molar-refractivity contribution in [2.45, 2.75) is 11.3 Å². The van der Waals surface area contributed by atoms with Gasteiger partial charge in [-0.05, 0) is 87.7 Å². The number of aromatic nitrogens is 1. The molecule has 0 aliphatic rings. The summed E-state index contributed by atoms with van der Waals surface area (Å²) in [5, 5.41) is 0.621. The van der Waals surface area contributed by atoms with Crippen molar-refractivity contribution in [1.82, 2.24) is 9.88 Å². The highest BCUT2D eigenvalue weighted by molar-refractivity contribution is 7.92. The van der Waals surface area contributed by atoms with Crippen LogP contribution in [0.3, 0.4) is 0 Å². The van der Waals surface area contributed by atoms with Crippen molar-refractivity contribution in [3.63, 3.8) is 0 Å². The summed E-state index contributed by atoms with van der Waals surface area (Å²) in [5.41, 5.74) is 1.55. The number of hydrogen-bond acceptors (Lipinski definition) is 6. The van der Waals surface area contributed by atoms with Gasteiger partial charge in [0.2, 0.25) is 0 Å². The van der Waals surface area contributed by atoms with Crippen molar-refractivity contribution in [2.75, 3.05) is 36.8 Å². The average molecular weight is 549 g/mol. The van der Waals surface area contributed by atoms with E-state index < -0.39 is 15.8 Å². The molecule has 11 heteroatoms. The Hall–Kier alpha value is -3.05. The summed E-state index contributed by atoms with van der Waals surface area (Å²) in [6.07, 6.45) is 0.768. The van der Waals surface area contributed by atoms with Crippen LogP contribution in [-0.4, -0.2) is 51.4 Å². The third-order valence-corrected chi connectivity index (χ3v) is 7.71. The van der Waals surface area contributed by atoms with Gasteiger partial charge >= 0.3 is 0 Å². The van der Waals surface area contributed by atoms with E-state index >= 15 is 0 Å². The molecule has 0 unspecified atom stereocenters. The molecular weight excluding hydrogens is 523 g/mol. The van der Waals surface area contributed by atoms with E-state index in [4.69, 9.17) is 0 Å². The van der Waals surface area contributed by atoms with E-state index in [1.54, 1.807) is 17.0 Å². The molecule has 3 aromatic carbocycles. The van der Waals surface area contributed by atoms with E-state index in [0.29, 0.717) is 22.9 Å². The van der Waals surface area contributed by atoms with Gasteiger partial charge in [0.25, 0.3) is 15.9 Å². The minimum Gasteiger partial charge on any atom is -0.309 e. The zero-order valence-corrected chi connectivity index (χ0v) is 22.2. The third-order valence-electron chi connectivity index (χ3n) is 5.25. The van der Waals surface area contributed by atoms with Crippen LogP contribution in [0, 0.1) is 5.82 Å². The summed E-state index contributed by atoms with van der Waals surface area (Å²) in [4.78, 5) is 21.8.